The number of nitrogens with zero attached hydrogens (tertiary/aromatic N) is 2. The highest BCUT2D eigenvalue weighted by molar-refractivity contribution is 5.85. The molecule has 0 spiro atoms. The molecule has 6 atom stereocenters. The fourth-order valence-electron chi connectivity index (χ4n) is 4.84. The van der Waals surface area contributed by atoms with Gasteiger partial charge in [-0.1, -0.05) is 20.8 Å². The Labute approximate surface area is 134 Å². The minimum absolute atomic E-state index is 0.0941. The molecule has 2 fully saturated rings. The van der Waals surface area contributed by atoms with Crippen molar-refractivity contribution in [2.24, 2.45) is 29.1 Å². The normalized spacial score (nSPS) is 45.0. The number of carbonyl (C=O) groups excluding carboxylic acids is 1. The second-order valence-corrected chi connectivity index (χ2v) is 8.55. The van der Waals surface area contributed by atoms with Gasteiger partial charge in [0.25, 0.3) is 0 Å². The Balaban J connectivity index is 2.47. The van der Waals surface area contributed by atoms with Gasteiger partial charge in [-0.3, -0.25) is 4.79 Å². The number of hydrogen-bond acceptors (Lipinski definition) is 4. The summed E-state index contributed by atoms with van der Waals surface area (Å²) >= 11 is 0. The number of ketones is 1. The monoisotopic (exact) mass is 306 g/mol. The van der Waals surface area contributed by atoms with E-state index in [1.54, 1.807) is 0 Å². The van der Waals surface area contributed by atoms with E-state index in [9.17, 15) is 15.2 Å². The van der Waals surface area contributed by atoms with Crippen molar-refractivity contribution in [1.82, 2.24) is 4.90 Å². The third-order valence-corrected chi connectivity index (χ3v) is 6.28. The van der Waals surface area contributed by atoms with Crippen molar-refractivity contribution in [2.75, 3.05) is 14.1 Å². The van der Waals surface area contributed by atoms with Crippen LogP contribution < -0.4 is 0 Å². The average Bonchev–Trinajstić information content (AvgIpc) is 2.67. The maximum Gasteiger partial charge on any atom is 0.142 e. The van der Waals surface area contributed by atoms with Gasteiger partial charge < -0.3 is 10.0 Å². The number of carbonyl (C=O) groups is 1. The first-order valence-corrected chi connectivity index (χ1v) is 8.35. The summed E-state index contributed by atoms with van der Waals surface area (Å²) in [4.78, 5) is 15.2. The van der Waals surface area contributed by atoms with Gasteiger partial charge in [0, 0.05) is 17.9 Å². The van der Waals surface area contributed by atoms with Gasteiger partial charge in [0.15, 0.2) is 0 Å². The van der Waals surface area contributed by atoms with Crippen molar-refractivity contribution >= 4 is 5.78 Å². The summed E-state index contributed by atoms with van der Waals surface area (Å²) in [5.41, 5.74) is -1.10. The number of fused-ring (bicyclic) bond motifs is 1. The van der Waals surface area contributed by atoms with Crippen LogP contribution in [0.5, 0.6) is 0 Å². The van der Waals surface area contributed by atoms with Crippen LogP contribution in [0, 0.1) is 40.4 Å². The molecule has 0 unspecified atom stereocenters. The van der Waals surface area contributed by atoms with Crippen LogP contribution >= 0.6 is 0 Å². The van der Waals surface area contributed by atoms with E-state index in [1.807, 2.05) is 27.9 Å². The van der Waals surface area contributed by atoms with Crippen LogP contribution in [0.2, 0.25) is 0 Å². The van der Waals surface area contributed by atoms with Crippen molar-refractivity contribution < 1.29 is 9.90 Å². The molecule has 2 aliphatic carbocycles. The first kappa shape index (κ1) is 17.4. The zero-order chi connectivity index (χ0) is 16.9. The lowest BCUT2D eigenvalue weighted by Crippen LogP contribution is -2.50. The Kier molecular flexibility index (Phi) is 4.45. The standard InChI is InChI=1S/C18H30N2O2/c1-11-14(20(5)6)7-8-18(4,22)12-9-17(2,3)13(10-19)15(12)16(11)21/h11-15,22H,7-9H2,1-6H3/t11-,12-,13+,14-,15-,18+/m1/s1. The molecule has 0 bridgehead atoms. The van der Waals surface area contributed by atoms with Crippen LogP contribution in [0.4, 0.5) is 0 Å². The molecule has 2 saturated carbocycles. The second kappa shape index (κ2) is 5.62. The van der Waals surface area contributed by atoms with Crippen LogP contribution in [0.25, 0.3) is 0 Å². The summed E-state index contributed by atoms with van der Waals surface area (Å²) in [6.07, 6.45) is 2.24. The average molecular weight is 306 g/mol. The zero-order valence-electron chi connectivity index (χ0n) is 14.8. The van der Waals surface area contributed by atoms with Crippen molar-refractivity contribution in [2.45, 2.75) is 58.6 Å². The van der Waals surface area contributed by atoms with Gasteiger partial charge in [-0.15, -0.1) is 0 Å². The lowest BCUT2D eigenvalue weighted by Gasteiger charge is -2.42. The topological polar surface area (TPSA) is 64.3 Å². The molecule has 2 aliphatic rings. The van der Waals surface area contributed by atoms with Gasteiger partial charge >= 0.3 is 0 Å². The highest BCUT2D eigenvalue weighted by Gasteiger charge is 2.58. The van der Waals surface area contributed by atoms with E-state index in [4.69, 9.17) is 0 Å². The quantitative estimate of drug-likeness (QED) is 0.808. The largest absolute Gasteiger partial charge is 0.390 e. The van der Waals surface area contributed by atoms with E-state index in [1.165, 1.54) is 0 Å². The number of hydrogen-bond donors (Lipinski definition) is 1. The molecule has 1 N–H and O–H groups in total. The Hall–Kier alpha value is -0.920. The third kappa shape index (κ3) is 2.70. The Morgan fingerprint density at radius 3 is 2.41 bits per heavy atom. The molecule has 0 aromatic heterocycles. The van der Waals surface area contributed by atoms with E-state index in [-0.39, 0.29) is 40.9 Å². The summed E-state index contributed by atoms with van der Waals surface area (Å²) < 4.78 is 0. The lowest BCUT2D eigenvalue weighted by atomic mass is 9.68. The Morgan fingerprint density at radius 1 is 1.32 bits per heavy atom. The van der Waals surface area contributed by atoms with E-state index in [0.717, 1.165) is 12.8 Å². The lowest BCUT2D eigenvalue weighted by molar-refractivity contribution is -0.137. The summed E-state index contributed by atoms with van der Waals surface area (Å²) in [6.45, 7) is 7.97. The summed E-state index contributed by atoms with van der Waals surface area (Å²) in [7, 11) is 3.98. The molecule has 124 valence electrons. The molecule has 22 heavy (non-hydrogen) atoms. The summed E-state index contributed by atoms with van der Waals surface area (Å²) in [5.74, 6) is -0.679. The summed E-state index contributed by atoms with van der Waals surface area (Å²) in [5, 5.41) is 20.7. The molecule has 0 aromatic carbocycles. The maximum absolute atomic E-state index is 13.2. The minimum atomic E-state index is -0.877. The predicted molar refractivity (Wildman–Crippen MR) is 86.0 cm³/mol. The minimum Gasteiger partial charge on any atom is -0.390 e. The molecule has 2 rings (SSSR count). The van der Waals surface area contributed by atoms with Crippen LogP contribution in [0.3, 0.4) is 0 Å². The molecule has 0 aromatic rings. The molecule has 0 radical (unpaired) electrons. The molecular weight excluding hydrogens is 276 g/mol. The van der Waals surface area contributed by atoms with E-state index < -0.39 is 5.60 Å². The predicted octanol–water partition coefficient (Wildman–Crippen LogP) is 2.47. The van der Waals surface area contributed by atoms with Gasteiger partial charge in [-0.25, -0.2) is 0 Å². The van der Waals surface area contributed by atoms with Gasteiger partial charge in [0.05, 0.1) is 17.6 Å². The summed E-state index contributed by atoms with van der Waals surface area (Å²) in [6, 6.07) is 2.52. The van der Waals surface area contributed by atoms with Crippen LogP contribution in [-0.2, 0) is 4.79 Å². The Morgan fingerprint density at radius 2 is 1.91 bits per heavy atom. The van der Waals surface area contributed by atoms with Crippen LogP contribution in [0.15, 0.2) is 0 Å². The fourth-order valence-corrected chi connectivity index (χ4v) is 4.84. The molecule has 0 heterocycles. The highest BCUT2D eigenvalue weighted by atomic mass is 16.3. The van der Waals surface area contributed by atoms with Crippen molar-refractivity contribution in [3.05, 3.63) is 0 Å². The molecule has 4 heteroatoms. The number of Topliss-reactive ketones (excluding diaryl/α,β-unsaturated/α-hetero) is 1. The number of aliphatic hydroxyl groups is 1. The zero-order valence-corrected chi connectivity index (χ0v) is 14.8. The second-order valence-electron chi connectivity index (χ2n) is 8.55. The molecule has 4 nitrogen and oxygen atoms in total. The third-order valence-electron chi connectivity index (χ3n) is 6.28. The van der Waals surface area contributed by atoms with Crippen LogP contribution in [0.1, 0.15) is 47.0 Å². The fraction of sp³-hybridized carbons (Fsp3) is 0.889. The molecule has 0 amide bonds. The number of nitriles is 1. The van der Waals surface area contributed by atoms with E-state index in [0.29, 0.717) is 6.42 Å². The van der Waals surface area contributed by atoms with Crippen molar-refractivity contribution in [3.63, 3.8) is 0 Å². The van der Waals surface area contributed by atoms with Gasteiger partial charge in [-0.2, -0.15) is 5.26 Å². The number of rotatable bonds is 1. The Bertz CT molecular complexity index is 490. The first-order chi connectivity index (χ1) is 10.0. The van der Waals surface area contributed by atoms with Crippen LogP contribution in [-0.4, -0.2) is 41.5 Å². The van der Waals surface area contributed by atoms with E-state index in [2.05, 4.69) is 24.8 Å². The maximum atomic E-state index is 13.2. The molecule has 0 saturated heterocycles. The van der Waals surface area contributed by atoms with Gasteiger partial charge in [0.2, 0.25) is 0 Å². The molecular formula is C18H30N2O2. The smallest absolute Gasteiger partial charge is 0.142 e. The van der Waals surface area contributed by atoms with Gasteiger partial charge in [0.1, 0.15) is 5.78 Å². The van der Waals surface area contributed by atoms with Crippen molar-refractivity contribution in [1.29, 1.82) is 5.26 Å². The van der Waals surface area contributed by atoms with Gasteiger partial charge in [-0.05, 0) is 51.6 Å². The van der Waals surface area contributed by atoms with E-state index >= 15 is 0 Å². The first-order valence-electron chi connectivity index (χ1n) is 8.35. The van der Waals surface area contributed by atoms with Crippen molar-refractivity contribution in [3.8, 4) is 6.07 Å². The molecule has 0 aliphatic heterocycles. The SMILES string of the molecule is C[C@H]1C(=O)[C@@H]2[C@@H](CC(C)(C)[C@H]2C#N)[C@@](C)(O)CC[C@H]1N(C)C. The highest BCUT2D eigenvalue weighted by Crippen LogP contribution is 2.56.